The second kappa shape index (κ2) is 16.9. The minimum atomic E-state index is -4.64. The van der Waals surface area contributed by atoms with Crippen molar-refractivity contribution in [3.8, 4) is 0 Å². The summed E-state index contributed by atoms with van der Waals surface area (Å²) >= 11 is 0. The molecule has 0 aliphatic heterocycles. The number of carboxylic acids is 6. The first-order valence-corrected chi connectivity index (χ1v) is 5.64. The van der Waals surface area contributed by atoms with Gasteiger partial charge in [-0.1, -0.05) is 0 Å². The number of carboxylic acid groups (broad SMARTS) is 6. The molecule has 0 aromatic heterocycles. The van der Waals surface area contributed by atoms with Gasteiger partial charge in [0.1, 0.15) is 0 Å². The molecule has 134 valence electrons. The van der Waals surface area contributed by atoms with Crippen LogP contribution in [0.5, 0.6) is 0 Å². The molecule has 0 radical (unpaired) electrons. The summed E-state index contributed by atoms with van der Waals surface area (Å²) in [5.41, 5.74) is 0. The first-order valence-electron chi connectivity index (χ1n) is 4.08. The average molecular weight is 374 g/mol. The molecule has 0 saturated heterocycles. The van der Waals surface area contributed by atoms with Gasteiger partial charge in [-0.15, -0.1) is 0 Å². The third-order valence-electron chi connectivity index (χ3n) is 0.541. The molecule has 0 aliphatic carbocycles. The molecule has 0 aromatic rings. The predicted octanol–water partition coefficient (Wildman–Crippen LogP) is -7.79. The molecule has 0 rings (SSSR count). The van der Waals surface area contributed by atoms with Gasteiger partial charge in [-0.05, 0) is 0 Å². The Morgan fingerprint density at radius 2 is 0.667 bits per heavy atom. The van der Waals surface area contributed by atoms with Gasteiger partial charge in [0.05, 0.1) is 0 Å². The van der Waals surface area contributed by atoms with Crippen molar-refractivity contribution in [2.75, 3.05) is 0 Å². The van der Waals surface area contributed by atoms with E-state index in [0.717, 1.165) is 0 Å². The number of hydrogen-bond acceptors (Lipinski definition) is 8. The number of carbonyl (C=O) groups is 6. The number of hydrogen-bond donors (Lipinski definition) is 8. The zero-order chi connectivity index (χ0) is 20.0. The summed E-state index contributed by atoms with van der Waals surface area (Å²) in [6.45, 7) is 0. The molecule has 0 fully saturated rings. The van der Waals surface area contributed by atoms with Crippen molar-refractivity contribution in [2.45, 2.75) is 0 Å². The van der Waals surface area contributed by atoms with Crippen molar-refractivity contribution < 1.29 is 97.5 Å². The van der Waals surface area contributed by atoms with Crippen LogP contribution in [0.2, 0.25) is 0 Å². The molecule has 0 aromatic carbocycles. The fourth-order valence-corrected chi connectivity index (χ4v) is 0. The van der Waals surface area contributed by atoms with E-state index in [0.29, 0.717) is 0 Å². The normalized spacial score (nSPS) is 7.96. The molecule has 0 bridgehead atoms. The van der Waals surface area contributed by atoms with Crippen LogP contribution in [0.3, 0.4) is 0 Å². The van der Waals surface area contributed by atoms with Crippen LogP contribution in [0.1, 0.15) is 0 Å². The van der Waals surface area contributed by atoms with Gasteiger partial charge in [0, 0.05) is 0 Å². The molecule has 16 nitrogen and oxygen atoms in total. The smallest absolute Gasteiger partial charge is 0.539 e. The molecule has 0 amide bonds. The van der Waals surface area contributed by atoms with E-state index >= 15 is 0 Å². The van der Waals surface area contributed by atoms with Crippen molar-refractivity contribution in [1.29, 1.82) is 0 Å². The Labute approximate surface area is 142 Å². The Hall–Kier alpha value is -2.47. The van der Waals surface area contributed by atoms with Gasteiger partial charge in [-0.3, -0.25) is 0 Å². The summed E-state index contributed by atoms with van der Waals surface area (Å²) in [4.78, 5) is 76.0. The Kier molecular flexibility index (Phi) is 23.4. The number of carbonyl (C=O) groups excluding carboxylic acids is 1. The van der Waals surface area contributed by atoms with Crippen LogP contribution in [0.4, 0.5) is 0 Å². The van der Waals surface area contributed by atoms with E-state index in [1.807, 2.05) is 0 Å². The predicted molar refractivity (Wildman–Crippen MR) is 57.4 cm³/mol. The summed E-state index contributed by atoms with van der Waals surface area (Å²) in [6, 6.07) is 0. The minimum Gasteiger partial charge on any atom is -0.539 e. The monoisotopic (exact) mass is 374 g/mol. The molecule has 18 heteroatoms. The van der Waals surface area contributed by atoms with Crippen LogP contribution in [0.15, 0.2) is 0 Å². The van der Waals surface area contributed by atoms with Crippen LogP contribution in [-0.2, 0) is 33.3 Å². The Bertz CT molecular complexity index is 401. The molecule has 0 spiro atoms. The maximum Gasteiger partial charge on any atom is 1.00 e. The average Bonchev–Trinajstić information content (AvgIpc) is 2.27. The maximum atomic E-state index is 9.10. The van der Waals surface area contributed by atoms with E-state index in [4.69, 9.17) is 78.7 Å². The van der Waals surface area contributed by atoms with Crippen molar-refractivity contribution in [3.63, 3.8) is 0 Å². The van der Waals surface area contributed by atoms with E-state index in [9.17, 15) is 0 Å². The summed E-state index contributed by atoms with van der Waals surface area (Å²) in [6.07, 6.45) is 0. The van der Waals surface area contributed by atoms with Gasteiger partial charge in [-0.2, -0.15) is 0 Å². The topological polar surface area (TPSA) is 304 Å². The van der Waals surface area contributed by atoms with Crippen molar-refractivity contribution in [1.82, 2.24) is 0 Å². The van der Waals surface area contributed by atoms with Crippen molar-refractivity contribution >= 4 is 43.6 Å². The second-order valence-corrected chi connectivity index (χ2v) is 3.35. The van der Waals surface area contributed by atoms with Gasteiger partial charge >= 0.3 is 56.5 Å². The van der Waals surface area contributed by atoms with Gasteiger partial charge in [0.15, 0.2) is 5.97 Å². The van der Waals surface area contributed by atoms with E-state index in [-0.39, 0.29) is 18.9 Å². The van der Waals surface area contributed by atoms with Crippen LogP contribution < -0.4 is 24.0 Å². The van der Waals surface area contributed by atoms with Gasteiger partial charge in [-0.25, -0.2) is 28.5 Å². The Morgan fingerprint density at radius 3 is 0.667 bits per heavy atom. The van der Waals surface area contributed by atoms with Gasteiger partial charge in [0.25, 0.3) is 0 Å². The molecule has 0 atom stereocenters. The molecule has 8 N–H and O–H groups in total. The Balaban J connectivity index is -0.0000000661. The molecule has 0 aliphatic rings. The zero-order valence-corrected chi connectivity index (χ0v) is 12.2. The van der Waals surface area contributed by atoms with E-state index in [2.05, 4.69) is 0 Å². The fourth-order valence-electron chi connectivity index (χ4n) is 0. The van der Waals surface area contributed by atoms with E-state index < -0.39 is 43.6 Å². The third kappa shape index (κ3) is 73.8. The second-order valence-electron chi connectivity index (χ2n) is 2.33. The molecule has 0 unspecified atom stereocenters. The number of aliphatic carboxylic acids is 6. The molecular formula is C6H8LiO16P. The van der Waals surface area contributed by atoms with Crippen LogP contribution in [0, 0.1) is 0 Å². The minimum absolute atomic E-state index is 0. The zero-order valence-electron chi connectivity index (χ0n) is 11.3. The third-order valence-corrected chi connectivity index (χ3v) is 0.541. The summed E-state index contributed by atoms with van der Waals surface area (Å²) in [7, 11) is -4.64. The molecular weight excluding hydrogens is 366 g/mol. The van der Waals surface area contributed by atoms with Crippen LogP contribution in [0.25, 0.3) is 0 Å². The van der Waals surface area contributed by atoms with Gasteiger partial charge < -0.3 is 50.1 Å². The first-order chi connectivity index (χ1) is 9.93. The summed E-state index contributed by atoms with van der Waals surface area (Å²) in [5.74, 6) is -11.3. The SMILES string of the molecule is O=C(O)C(=O)O.O=C(O)C(=O)O.O=C([O-])C(=O)O.O=P(O)(O)O.[Li+]. The summed E-state index contributed by atoms with van der Waals surface area (Å²) in [5, 5.41) is 45.9. The quantitative estimate of drug-likeness (QED) is 0.111. The van der Waals surface area contributed by atoms with Crippen molar-refractivity contribution in [2.24, 2.45) is 0 Å². The number of rotatable bonds is 0. The maximum absolute atomic E-state index is 9.10. The van der Waals surface area contributed by atoms with E-state index in [1.54, 1.807) is 0 Å². The standard InChI is InChI=1S/3C2H2O4.Li.H3O4P/c3*3-1(4)2(5)6;;1-5(2,3)4/h3*(H,3,4)(H,5,6);;(H3,1,2,3,4)/q;;;+1;/p-1. The fraction of sp³-hybridized carbons (Fsp3) is 0. The molecule has 24 heavy (non-hydrogen) atoms. The van der Waals surface area contributed by atoms with Crippen molar-refractivity contribution in [3.05, 3.63) is 0 Å². The van der Waals surface area contributed by atoms with Gasteiger partial charge in [0.2, 0.25) is 0 Å². The Morgan fingerprint density at radius 1 is 0.583 bits per heavy atom. The molecule has 0 saturated carbocycles. The molecule has 0 heterocycles. The largest absolute Gasteiger partial charge is 1.00 e. The summed E-state index contributed by atoms with van der Waals surface area (Å²) < 4.78 is 8.88. The van der Waals surface area contributed by atoms with Crippen LogP contribution >= 0.6 is 7.82 Å². The van der Waals surface area contributed by atoms with Crippen LogP contribution in [-0.4, -0.2) is 76.0 Å². The number of phosphoric acid groups is 1. The first kappa shape index (κ1) is 33.2. The van der Waals surface area contributed by atoms with E-state index in [1.165, 1.54) is 0 Å².